The van der Waals surface area contributed by atoms with Crippen molar-refractivity contribution < 1.29 is 24.5 Å². The number of nitrogen functional groups attached to an aromatic ring is 1. The van der Waals surface area contributed by atoms with E-state index in [-0.39, 0.29) is 18.4 Å². The van der Waals surface area contributed by atoms with Crippen LogP contribution in [0.25, 0.3) is 0 Å². The van der Waals surface area contributed by atoms with Gasteiger partial charge in [-0.05, 0) is 30.4 Å². The van der Waals surface area contributed by atoms with Crippen LogP contribution >= 0.6 is 11.8 Å². The highest BCUT2D eigenvalue weighted by atomic mass is 32.2. The molecule has 1 saturated heterocycles. The number of ether oxygens (including phenoxy) is 2. The Bertz CT molecular complexity index is 762. The predicted octanol–water partition coefficient (Wildman–Crippen LogP) is 2.64. The van der Waals surface area contributed by atoms with Crippen molar-refractivity contribution in [3.05, 3.63) is 22.7 Å². The zero-order valence-corrected chi connectivity index (χ0v) is 20.4. The van der Waals surface area contributed by atoms with Crippen molar-refractivity contribution in [1.82, 2.24) is 9.55 Å². The molecule has 0 amide bonds. The molecule has 1 aliphatic heterocycles. The number of thioether (sulfide) groups is 1. The van der Waals surface area contributed by atoms with E-state index in [4.69, 9.17) is 15.2 Å². The molecule has 9 nitrogen and oxygen atoms in total. The molecular weight excluding hydrogens is 446 g/mol. The van der Waals surface area contributed by atoms with Crippen LogP contribution in [0.15, 0.2) is 17.1 Å². The number of carbonyl (C=O) groups is 1. The molecule has 1 aromatic heterocycles. The van der Waals surface area contributed by atoms with Gasteiger partial charge in [0.2, 0.25) is 0 Å². The Morgan fingerprint density at radius 3 is 2.39 bits per heavy atom. The molecule has 0 unspecified atom stereocenters. The minimum Gasteiger partial charge on any atom is -0.463 e. The van der Waals surface area contributed by atoms with Gasteiger partial charge in [0.15, 0.2) is 6.23 Å². The number of hydrogen-bond donors (Lipinski definition) is 3. The minimum atomic E-state index is -1.35. The summed E-state index contributed by atoms with van der Waals surface area (Å²) in [4.78, 5) is 27.6. The first kappa shape index (κ1) is 27.6. The zero-order chi connectivity index (χ0) is 24.1. The topological polar surface area (TPSA) is 137 Å². The molecule has 0 bridgehead atoms. The van der Waals surface area contributed by atoms with Crippen molar-refractivity contribution >= 4 is 23.5 Å². The normalized spacial score (nSPS) is 22.5. The van der Waals surface area contributed by atoms with Crippen LogP contribution in [0.2, 0.25) is 0 Å². The quantitative estimate of drug-likeness (QED) is 0.238. The highest BCUT2D eigenvalue weighted by molar-refractivity contribution is 7.99. The first-order chi connectivity index (χ1) is 15.9. The molecule has 10 heteroatoms. The molecule has 188 valence electrons. The summed E-state index contributed by atoms with van der Waals surface area (Å²) in [6.45, 7) is 2.01. The lowest BCUT2D eigenvalue weighted by atomic mass is 10.1. The number of rotatable bonds is 16. The fourth-order valence-electron chi connectivity index (χ4n) is 3.82. The summed E-state index contributed by atoms with van der Waals surface area (Å²) in [5, 5.41) is 20.4. The SMILES string of the molecule is CCSCCCCCCCCCCCC(=O)OC[C@H]1O[C@@H](n2ccc(N)nc2=O)[C@@H](O)[C@@H]1O. The predicted molar refractivity (Wildman–Crippen MR) is 129 cm³/mol. The average molecular weight is 486 g/mol. The number of esters is 1. The summed E-state index contributed by atoms with van der Waals surface area (Å²) in [6, 6.07) is 1.39. The van der Waals surface area contributed by atoms with Crippen molar-refractivity contribution in [2.75, 3.05) is 23.8 Å². The van der Waals surface area contributed by atoms with Crippen LogP contribution in [-0.4, -0.2) is 62.2 Å². The minimum absolute atomic E-state index is 0.0480. The molecule has 0 saturated carbocycles. The lowest BCUT2D eigenvalue weighted by molar-refractivity contribution is -0.150. The van der Waals surface area contributed by atoms with Crippen LogP contribution in [0.3, 0.4) is 0 Å². The van der Waals surface area contributed by atoms with Gasteiger partial charge in [0.1, 0.15) is 30.7 Å². The van der Waals surface area contributed by atoms with Gasteiger partial charge in [0.25, 0.3) is 0 Å². The number of nitrogens with zero attached hydrogens (tertiary/aromatic N) is 2. The Hall–Kier alpha value is -1.62. The van der Waals surface area contributed by atoms with Gasteiger partial charge in [-0.25, -0.2) is 4.79 Å². The molecule has 1 aliphatic rings. The van der Waals surface area contributed by atoms with Crippen molar-refractivity contribution in [1.29, 1.82) is 0 Å². The number of unbranched alkanes of at least 4 members (excludes halogenated alkanes) is 8. The monoisotopic (exact) mass is 485 g/mol. The van der Waals surface area contributed by atoms with Gasteiger partial charge in [0, 0.05) is 12.6 Å². The molecule has 33 heavy (non-hydrogen) atoms. The van der Waals surface area contributed by atoms with Gasteiger partial charge in [-0.15, -0.1) is 0 Å². The third-order valence-corrected chi connectivity index (χ3v) is 6.73. The van der Waals surface area contributed by atoms with Crippen LogP contribution in [0, 0.1) is 0 Å². The summed E-state index contributed by atoms with van der Waals surface area (Å²) < 4.78 is 11.8. The second kappa shape index (κ2) is 15.3. The van der Waals surface area contributed by atoms with Crippen LogP contribution < -0.4 is 11.4 Å². The highest BCUT2D eigenvalue weighted by Crippen LogP contribution is 2.28. The molecule has 0 aliphatic carbocycles. The molecule has 2 heterocycles. The van der Waals surface area contributed by atoms with E-state index >= 15 is 0 Å². The standard InChI is InChI=1S/C23H39N3O6S/c1-2-33-15-11-9-7-5-3-4-6-8-10-12-19(27)31-16-17-20(28)21(29)22(32-17)26-14-13-18(24)25-23(26)30/h13-14,17,20-22,28-29H,2-12,15-16H2,1H3,(H2,24,25,30)/t17-,20-,21+,22-/m1/s1. The Kier molecular flexibility index (Phi) is 12.8. The number of aliphatic hydroxyl groups is 2. The molecule has 1 fully saturated rings. The van der Waals surface area contributed by atoms with E-state index < -0.39 is 30.2 Å². The summed E-state index contributed by atoms with van der Waals surface area (Å²) in [6.07, 6.45) is 7.49. The second-order valence-corrected chi connectivity index (χ2v) is 9.79. The molecule has 2 rings (SSSR count). The molecule has 0 radical (unpaired) electrons. The van der Waals surface area contributed by atoms with E-state index in [2.05, 4.69) is 11.9 Å². The van der Waals surface area contributed by atoms with Crippen molar-refractivity contribution in [3.63, 3.8) is 0 Å². The van der Waals surface area contributed by atoms with Crippen LogP contribution in [0.1, 0.15) is 77.4 Å². The maximum absolute atomic E-state index is 12.0. The molecular formula is C23H39N3O6S. The van der Waals surface area contributed by atoms with Crippen molar-refractivity contribution in [2.24, 2.45) is 0 Å². The fourth-order valence-corrected chi connectivity index (χ4v) is 4.52. The third kappa shape index (κ3) is 9.64. The summed E-state index contributed by atoms with van der Waals surface area (Å²) in [5.41, 5.74) is 4.77. The van der Waals surface area contributed by atoms with Gasteiger partial charge >= 0.3 is 11.7 Å². The van der Waals surface area contributed by atoms with E-state index in [9.17, 15) is 19.8 Å². The number of nitrogens with two attached hydrogens (primary N) is 1. The Labute approximate surface area is 200 Å². The zero-order valence-electron chi connectivity index (χ0n) is 19.6. The van der Waals surface area contributed by atoms with E-state index in [1.54, 1.807) is 0 Å². The number of aliphatic hydroxyl groups excluding tert-OH is 2. The smallest absolute Gasteiger partial charge is 0.351 e. The van der Waals surface area contributed by atoms with E-state index in [0.717, 1.165) is 23.8 Å². The maximum Gasteiger partial charge on any atom is 0.351 e. The van der Waals surface area contributed by atoms with Crippen molar-refractivity contribution in [2.45, 2.75) is 95.7 Å². The Morgan fingerprint density at radius 1 is 1.12 bits per heavy atom. The van der Waals surface area contributed by atoms with Gasteiger partial charge in [-0.2, -0.15) is 16.7 Å². The molecule has 4 N–H and O–H groups in total. The van der Waals surface area contributed by atoms with Gasteiger partial charge < -0.3 is 25.4 Å². The fraction of sp³-hybridized carbons (Fsp3) is 0.783. The van der Waals surface area contributed by atoms with Crippen molar-refractivity contribution in [3.8, 4) is 0 Å². The Balaban J connectivity index is 1.55. The van der Waals surface area contributed by atoms with Crippen LogP contribution in [0.5, 0.6) is 0 Å². The van der Waals surface area contributed by atoms with Gasteiger partial charge in [-0.1, -0.05) is 51.9 Å². The second-order valence-electron chi connectivity index (χ2n) is 8.40. The summed E-state index contributed by atoms with van der Waals surface area (Å²) >= 11 is 2.01. The molecule has 1 aromatic rings. The lowest BCUT2D eigenvalue weighted by Crippen LogP contribution is -2.36. The summed E-state index contributed by atoms with van der Waals surface area (Å²) in [7, 11) is 0. The summed E-state index contributed by atoms with van der Waals surface area (Å²) in [5.74, 6) is 2.17. The number of aromatic nitrogens is 2. The molecule has 0 aromatic carbocycles. The first-order valence-electron chi connectivity index (χ1n) is 12.0. The molecule has 4 atom stereocenters. The first-order valence-corrected chi connectivity index (χ1v) is 13.2. The highest BCUT2D eigenvalue weighted by Gasteiger charge is 2.44. The number of carbonyl (C=O) groups excluding carboxylic acids is 1. The third-order valence-electron chi connectivity index (χ3n) is 5.75. The van der Waals surface area contributed by atoms with Crippen LogP contribution in [0.4, 0.5) is 5.82 Å². The van der Waals surface area contributed by atoms with Crippen LogP contribution in [-0.2, 0) is 14.3 Å². The molecule has 0 spiro atoms. The van der Waals surface area contributed by atoms with Gasteiger partial charge in [-0.3, -0.25) is 9.36 Å². The van der Waals surface area contributed by atoms with E-state index in [0.29, 0.717) is 6.42 Å². The Morgan fingerprint density at radius 2 is 1.76 bits per heavy atom. The maximum atomic E-state index is 12.0. The van der Waals surface area contributed by atoms with E-state index in [1.165, 1.54) is 62.3 Å². The number of hydrogen-bond acceptors (Lipinski definition) is 9. The largest absolute Gasteiger partial charge is 0.463 e. The van der Waals surface area contributed by atoms with E-state index in [1.807, 2.05) is 11.8 Å². The average Bonchev–Trinajstić information content (AvgIpc) is 3.07. The lowest BCUT2D eigenvalue weighted by Gasteiger charge is -2.16. The van der Waals surface area contributed by atoms with Gasteiger partial charge in [0.05, 0.1) is 0 Å². The number of anilines is 1.